The van der Waals surface area contributed by atoms with Crippen LogP contribution in [0.2, 0.25) is 0 Å². The summed E-state index contributed by atoms with van der Waals surface area (Å²) < 4.78 is 5.07. The lowest BCUT2D eigenvalue weighted by Gasteiger charge is -2.06. The molecule has 0 spiro atoms. The Labute approximate surface area is 156 Å². The highest BCUT2D eigenvalue weighted by Gasteiger charge is 2.11. The highest BCUT2D eigenvalue weighted by atomic mass is 32.2. The van der Waals surface area contributed by atoms with Crippen molar-refractivity contribution in [3.8, 4) is 0 Å². The second-order valence-corrected chi connectivity index (χ2v) is 6.88. The maximum absolute atomic E-state index is 12.0. The van der Waals surface area contributed by atoms with E-state index in [1.165, 1.54) is 0 Å². The Morgan fingerprint density at radius 3 is 2.65 bits per heavy atom. The van der Waals surface area contributed by atoms with Crippen molar-refractivity contribution in [1.29, 1.82) is 0 Å². The first kappa shape index (κ1) is 18.1. The van der Waals surface area contributed by atoms with Gasteiger partial charge in [0.05, 0.1) is 6.42 Å². The zero-order valence-electron chi connectivity index (χ0n) is 14.2. The molecule has 6 heteroatoms. The van der Waals surface area contributed by atoms with Crippen molar-refractivity contribution in [3.05, 3.63) is 66.4 Å². The number of amides is 1. The van der Waals surface area contributed by atoms with E-state index < -0.39 is 5.97 Å². The van der Waals surface area contributed by atoms with Gasteiger partial charge in [0, 0.05) is 34.3 Å². The molecule has 2 N–H and O–H groups in total. The first-order chi connectivity index (χ1) is 12.7. The fourth-order valence-electron chi connectivity index (χ4n) is 2.56. The van der Waals surface area contributed by atoms with E-state index in [0.717, 1.165) is 27.1 Å². The monoisotopic (exact) mass is 368 g/mol. The van der Waals surface area contributed by atoms with Gasteiger partial charge in [-0.05, 0) is 23.8 Å². The molecule has 0 fully saturated rings. The Bertz CT molecular complexity index is 877. The number of para-hydroxylation sites is 1. The highest BCUT2D eigenvalue weighted by Crippen LogP contribution is 2.18. The maximum Gasteiger partial charge on any atom is 0.310 e. The lowest BCUT2D eigenvalue weighted by Crippen LogP contribution is -2.30. The van der Waals surface area contributed by atoms with E-state index in [1.807, 2.05) is 54.6 Å². The molecule has 2 aromatic carbocycles. The smallest absolute Gasteiger partial charge is 0.310 e. The summed E-state index contributed by atoms with van der Waals surface area (Å²) in [7, 11) is 0. The van der Waals surface area contributed by atoms with E-state index in [9.17, 15) is 9.59 Å². The summed E-state index contributed by atoms with van der Waals surface area (Å²) in [4.78, 5) is 28.0. The number of aromatic amines is 1. The Kier molecular flexibility index (Phi) is 6.33. The first-order valence-electron chi connectivity index (χ1n) is 8.37. The van der Waals surface area contributed by atoms with Gasteiger partial charge in [0.25, 0.3) is 5.91 Å². The predicted octanol–water partition coefficient (Wildman–Crippen LogP) is 3.16. The van der Waals surface area contributed by atoms with E-state index in [-0.39, 0.29) is 18.9 Å². The van der Waals surface area contributed by atoms with Gasteiger partial charge in [0.15, 0.2) is 6.61 Å². The maximum atomic E-state index is 12.0. The number of carbonyl (C=O) groups excluding carboxylic acids is 2. The van der Waals surface area contributed by atoms with E-state index in [4.69, 9.17) is 4.74 Å². The number of hydrogen-bond acceptors (Lipinski definition) is 4. The SMILES string of the molecule is O=C(COC(=O)Cc1c[nH]c2ccccc12)NCCSc1ccccc1. The summed E-state index contributed by atoms with van der Waals surface area (Å²) in [6, 6.07) is 17.7. The Hall–Kier alpha value is -2.73. The van der Waals surface area contributed by atoms with Crippen molar-refractivity contribution < 1.29 is 14.3 Å². The minimum absolute atomic E-state index is 0.140. The number of benzene rings is 2. The first-order valence-corrected chi connectivity index (χ1v) is 9.36. The number of thioether (sulfide) groups is 1. The predicted molar refractivity (Wildman–Crippen MR) is 103 cm³/mol. The number of ether oxygens (including phenoxy) is 1. The van der Waals surface area contributed by atoms with Gasteiger partial charge in [-0.1, -0.05) is 36.4 Å². The zero-order valence-corrected chi connectivity index (χ0v) is 15.1. The van der Waals surface area contributed by atoms with Gasteiger partial charge in [0.2, 0.25) is 0 Å². The van der Waals surface area contributed by atoms with Crippen LogP contribution < -0.4 is 5.32 Å². The third kappa shape index (κ3) is 5.13. The average molecular weight is 368 g/mol. The van der Waals surface area contributed by atoms with Crippen LogP contribution >= 0.6 is 11.8 Å². The minimum atomic E-state index is -0.413. The lowest BCUT2D eigenvalue weighted by atomic mass is 10.1. The highest BCUT2D eigenvalue weighted by molar-refractivity contribution is 7.99. The summed E-state index contributed by atoms with van der Waals surface area (Å²) in [5, 5.41) is 3.75. The van der Waals surface area contributed by atoms with Crippen LogP contribution in [-0.4, -0.2) is 35.8 Å². The fraction of sp³-hybridized carbons (Fsp3) is 0.200. The molecule has 0 atom stereocenters. The molecule has 0 saturated heterocycles. The molecule has 5 nitrogen and oxygen atoms in total. The van der Waals surface area contributed by atoms with E-state index in [0.29, 0.717) is 6.54 Å². The number of carbonyl (C=O) groups is 2. The van der Waals surface area contributed by atoms with Gasteiger partial charge in [-0.3, -0.25) is 9.59 Å². The molecule has 0 aliphatic carbocycles. The topological polar surface area (TPSA) is 71.2 Å². The molecule has 1 amide bonds. The number of aromatic nitrogens is 1. The van der Waals surface area contributed by atoms with E-state index >= 15 is 0 Å². The largest absolute Gasteiger partial charge is 0.455 e. The van der Waals surface area contributed by atoms with Crippen LogP contribution in [0.3, 0.4) is 0 Å². The van der Waals surface area contributed by atoms with Crippen molar-refractivity contribution in [2.45, 2.75) is 11.3 Å². The lowest BCUT2D eigenvalue weighted by molar-refractivity contribution is -0.147. The Morgan fingerprint density at radius 2 is 1.81 bits per heavy atom. The van der Waals surface area contributed by atoms with Crippen molar-refractivity contribution in [2.24, 2.45) is 0 Å². The fourth-order valence-corrected chi connectivity index (χ4v) is 3.35. The number of rotatable bonds is 8. The molecule has 3 rings (SSSR count). The van der Waals surface area contributed by atoms with Crippen LogP contribution in [0.5, 0.6) is 0 Å². The average Bonchev–Trinajstić information content (AvgIpc) is 3.07. The third-order valence-corrected chi connectivity index (χ3v) is 4.82. The second kappa shape index (κ2) is 9.10. The van der Waals surface area contributed by atoms with Crippen molar-refractivity contribution in [3.63, 3.8) is 0 Å². The van der Waals surface area contributed by atoms with Crippen molar-refractivity contribution in [2.75, 3.05) is 18.9 Å². The summed E-state index contributed by atoms with van der Waals surface area (Å²) in [6.45, 7) is 0.273. The van der Waals surface area contributed by atoms with Gasteiger partial charge in [0.1, 0.15) is 0 Å². The molecule has 1 heterocycles. The molecule has 0 radical (unpaired) electrons. The van der Waals surface area contributed by atoms with Gasteiger partial charge in [-0.15, -0.1) is 11.8 Å². The van der Waals surface area contributed by atoms with E-state index in [2.05, 4.69) is 10.3 Å². The van der Waals surface area contributed by atoms with Crippen LogP contribution in [0.15, 0.2) is 65.7 Å². The van der Waals surface area contributed by atoms with Crippen LogP contribution in [0, 0.1) is 0 Å². The van der Waals surface area contributed by atoms with Crippen LogP contribution in [-0.2, 0) is 20.7 Å². The number of nitrogens with one attached hydrogen (secondary N) is 2. The molecule has 1 aromatic heterocycles. The number of fused-ring (bicyclic) bond motifs is 1. The van der Waals surface area contributed by atoms with Crippen molar-refractivity contribution in [1.82, 2.24) is 10.3 Å². The number of hydrogen-bond donors (Lipinski definition) is 2. The van der Waals surface area contributed by atoms with Crippen LogP contribution in [0.1, 0.15) is 5.56 Å². The molecule has 0 aliphatic heterocycles. The van der Waals surface area contributed by atoms with E-state index in [1.54, 1.807) is 18.0 Å². The van der Waals surface area contributed by atoms with Crippen molar-refractivity contribution >= 4 is 34.5 Å². The quantitative estimate of drug-likeness (QED) is 0.364. The molecule has 0 saturated carbocycles. The molecule has 0 bridgehead atoms. The summed E-state index contributed by atoms with van der Waals surface area (Å²) in [5.74, 6) is 0.0634. The normalized spacial score (nSPS) is 10.6. The minimum Gasteiger partial charge on any atom is -0.455 e. The second-order valence-electron chi connectivity index (χ2n) is 5.71. The third-order valence-electron chi connectivity index (χ3n) is 3.81. The molecule has 134 valence electrons. The Balaban J connectivity index is 1.35. The molecule has 26 heavy (non-hydrogen) atoms. The Morgan fingerprint density at radius 1 is 1.04 bits per heavy atom. The molecule has 0 aliphatic rings. The molecule has 3 aromatic rings. The molecular weight excluding hydrogens is 348 g/mol. The van der Waals surface area contributed by atoms with Gasteiger partial charge >= 0.3 is 5.97 Å². The zero-order chi connectivity index (χ0) is 18.2. The summed E-state index contributed by atoms with van der Waals surface area (Å²) in [6.07, 6.45) is 1.94. The molecule has 0 unspecified atom stereocenters. The van der Waals surface area contributed by atoms with Gasteiger partial charge in [-0.25, -0.2) is 0 Å². The van der Waals surface area contributed by atoms with Crippen LogP contribution in [0.25, 0.3) is 10.9 Å². The van der Waals surface area contributed by atoms with Gasteiger partial charge in [-0.2, -0.15) is 0 Å². The van der Waals surface area contributed by atoms with Gasteiger partial charge < -0.3 is 15.0 Å². The molecular formula is C20H20N2O3S. The standard InChI is InChI=1S/C20H20N2O3S/c23-19(21-10-11-26-16-6-2-1-3-7-16)14-25-20(24)12-15-13-22-18-9-5-4-8-17(15)18/h1-9,13,22H,10-12,14H2,(H,21,23). The summed E-state index contributed by atoms with van der Waals surface area (Å²) in [5.41, 5.74) is 1.84. The number of H-pyrrole nitrogens is 1. The summed E-state index contributed by atoms with van der Waals surface area (Å²) >= 11 is 1.66. The number of esters is 1. The van der Waals surface area contributed by atoms with Crippen LogP contribution in [0.4, 0.5) is 0 Å².